The molecule has 0 amide bonds. The third-order valence-electron chi connectivity index (χ3n) is 14.0. The fraction of sp³-hybridized carbons (Fsp3) is 0. The monoisotopic (exact) mass is 895 g/mol. The lowest BCUT2D eigenvalue weighted by Gasteiger charge is -2.12. The van der Waals surface area contributed by atoms with Gasteiger partial charge in [0.25, 0.3) is 0 Å². The summed E-state index contributed by atoms with van der Waals surface area (Å²) in [6.07, 6.45) is 0. The van der Waals surface area contributed by atoms with E-state index in [1.165, 1.54) is 21.5 Å². The molecule has 0 spiro atoms. The van der Waals surface area contributed by atoms with Crippen LogP contribution in [-0.4, -0.2) is 24.1 Å². The third kappa shape index (κ3) is 5.79. The van der Waals surface area contributed by atoms with Crippen molar-refractivity contribution in [3.05, 3.63) is 224 Å². The summed E-state index contributed by atoms with van der Waals surface area (Å²) in [5.41, 5.74) is 14.5. The number of fused-ring (bicyclic) bond motifs is 12. The Morgan fingerprint density at radius 1 is 0.271 bits per heavy atom. The highest BCUT2D eigenvalue weighted by molar-refractivity contribution is 6.17. The van der Waals surface area contributed by atoms with Crippen molar-refractivity contribution < 1.29 is 8.83 Å². The van der Waals surface area contributed by atoms with Gasteiger partial charge >= 0.3 is 0 Å². The lowest BCUT2D eigenvalue weighted by Crippen LogP contribution is -2.01. The van der Waals surface area contributed by atoms with E-state index in [1.54, 1.807) is 0 Å². The van der Waals surface area contributed by atoms with E-state index in [9.17, 15) is 0 Å². The largest absolute Gasteiger partial charge is 0.456 e. The maximum atomic E-state index is 6.70. The molecular weight excluding hydrogens is 859 g/mol. The van der Waals surface area contributed by atoms with Crippen LogP contribution in [0.25, 0.3) is 144 Å². The fourth-order valence-corrected chi connectivity index (χ4v) is 10.9. The number of hydrogen-bond donors (Lipinski definition) is 0. The van der Waals surface area contributed by atoms with Crippen molar-refractivity contribution in [1.29, 1.82) is 0 Å². The van der Waals surface area contributed by atoms with Crippen molar-refractivity contribution in [3.8, 4) is 56.7 Å². The molecule has 7 nitrogen and oxygen atoms in total. The number of nitrogens with zero attached hydrogens (tertiary/aromatic N) is 5. The van der Waals surface area contributed by atoms with Crippen molar-refractivity contribution in [3.63, 3.8) is 0 Å². The maximum absolute atomic E-state index is 6.70. The van der Waals surface area contributed by atoms with Gasteiger partial charge in [0.1, 0.15) is 22.3 Å². The number of para-hydroxylation sites is 5. The van der Waals surface area contributed by atoms with Gasteiger partial charge in [0.15, 0.2) is 17.5 Å². The summed E-state index contributed by atoms with van der Waals surface area (Å²) >= 11 is 0. The maximum Gasteiger partial charge on any atom is 0.164 e. The number of rotatable bonds is 6. The van der Waals surface area contributed by atoms with Crippen LogP contribution in [-0.2, 0) is 0 Å². The zero-order valence-corrected chi connectivity index (χ0v) is 37.4. The molecule has 326 valence electrons. The predicted molar refractivity (Wildman–Crippen MR) is 285 cm³/mol. The quantitative estimate of drug-likeness (QED) is 0.166. The summed E-state index contributed by atoms with van der Waals surface area (Å²) in [6, 6.07) is 78.4. The first-order chi connectivity index (χ1) is 34.7. The molecule has 15 aromatic rings. The van der Waals surface area contributed by atoms with Crippen LogP contribution in [0.5, 0.6) is 0 Å². The van der Waals surface area contributed by atoms with Crippen molar-refractivity contribution in [2.45, 2.75) is 0 Å². The van der Waals surface area contributed by atoms with Crippen LogP contribution in [0.3, 0.4) is 0 Å². The number of furan rings is 2. The highest BCUT2D eigenvalue weighted by atomic mass is 16.3. The Morgan fingerprint density at radius 2 is 0.771 bits per heavy atom. The van der Waals surface area contributed by atoms with Crippen molar-refractivity contribution >= 4 is 87.5 Å². The average molecular weight is 896 g/mol. The highest BCUT2D eigenvalue weighted by Gasteiger charge is 2.22. The van der Waals surface area contributed by atoms with E-state index in [1.807, 2.05) is 54.6 Å². The summed E-state index contributed by atoms with van der Waals surface area (Å²) in [5.74, 6) is 1.72. The van der Waals surface area contributed by atoms with Gasteiger partial charge in [-0.1, -0.05) is 152 Å². The molecule has 5 aromatic heterocycles. The molecule has 0 saturated heterocycles. The van der Waals surface area contributed by atoms with E-state index >= 15 is 0 Å². The van der Waals surface area contributed by atoms with Gasteiger partial charge in [0.2, 0.25) is 0 Å². The van der Waals surface area contributed by atoms with Gasteiger partial charge in [-0.25, -0.2) is 15.0 Å². The standard InChI is InChI=1S/C63H37N5O2/c1-2-16-38(17-3-1)61-64-62(40-18-14-19-41(34-40)67-51-26-9-4-20-43(51)44-21-5-10-27-52(44)67)66-63(65-61)48-25-15-31-57-60(48)50-35-39(32-33-56(50)69-57)49-36-42(37-58-59(49)47-24-8-13-30-55(47)70-58)68-53-28-11-6-22-45(53)46-23-7-12-29-54(46)68/h1-37H. The average Bonchev–Trinajstić information content (AvgIpc) is 4.18. The van der Waals surface area contributed by atoms with Gasteiger partial charge in [-0.2, -0.15) is 0 Å². The summed E-state index contributed by atoms with van der Waals surface area (Å²) in [5, 5.41) is 8.84. The van der Waals surface area contributed by atoms with Gasteiger partial charge < -0.3 is 18.0 Å². The summed E-state index contributed by atoms with van der Waals surface area (Å²) in [7, 11) is 0. The molecule has 0 bridgehead atoms. The van der Waals surface area contributed by atoms with Crippen LogP contribution < -0.4 is 0 Å². The van der Waals surface area contributed by atoms with Crippen molar-refractivity contribution in [2.75, 3.05) is 0 Å². The lowest BCUT2D eigenvalue weighted by molar-refractivity contribution is 0.668. The molecule has 5 heterocycles. The molecule has 0 N–H and O–H groups in total. The minimum absolute atomic E-state index is 0.557. The third-order valence-corrected chi connectivity index (χ3v) is 14.0. The first-order valence-corrected chi connectivity index (χ1v) is 23.5. The highest BCUT2D eigenvalue weighted by Crippen LogP contribution is 2.44. The zero-order valence-electron chi connectivity index (χ0n) is 37.4. The van der Waals surface area contributed by atoms with Gasteiger partial charge in [-0.3, -0.25) is 0 Å². The molecule has 0 fully saturated rings. The molecule has 0 atom stereocenters. The minimum Gasteiger partial charge on any atom is -0.456 e. The Labute approximate surface area is 399 Å². The number of benzene rings is 10. The van der Waals surface area contributed by atoms with E-state index in [0.717, 1.165) is 105 Å². The first kappa shape index (κ1) is 38.5. The van der Waals surface area contributed by atoms with Crippen molar-refractivity contribution in [2.24, 2.45) is 0 Å². The SMILES string of the molecule is c1ccc(-c2nc(-c3cccc(-n4c5ccccc5c5ccccc54)c3)nc(-c3cccc4oc5ccc(-c6cc(-n7c8ccccc8c8ccccc87)cc7oc8ccccc8c67)cc5c34)n2)cc1. The van der Waals surface area contributed by atoms with Gasteiger partial charge in [-0.15, -0.1) is 0 Å². The predicted octanol–water partition coefficient (Wildman–Crippen LogP) is 16.5. The molecule has 10 aromatic carbocycles. The molecule has 0 saturated carbocycles. The van der Waals surface area contributed by atoms with Crippen LogP contribution in [0, 0.1) is 0 Å². The molecule has 0 aliphatic carbocycles. The normalized spacial score (nSPS) is 12.0. The van der Waals surface area contributed by atoms with E-state index in [0.29, 0.717) is 17.5 Å². The summed E-state index contributed by atoms with van der Waals surface area (Å²) in [6.45, 7) is 0. The number of aromatic nitrogens is 5. The van der Waals surface area contributed by atoms with Gasteiger partial charge in [0.05, 0.1) is 27.8 Å². The Balaban J connectivity index is 0.941. The Morgan fingerprint density at radius 3 is 1.46 bits per heavy atom. The Kier molecular flexibility index (Phi) is 8.23. The van der Waals surface area contributed by atoms with E-state index in [2.05, 4.69) is 179 Å². The second-order valence-corrected chi connectivity index (χ2v) is 17.9. The molecule has 0 radical (unpaired) electrons. The van der Waals surface area contributed by atoms with Crippen LogP contribution in [0.15, 0.2) is 233 Å². The second-order valence-electron chi connectivity index (χ2n) is 17.9. The van der Waals surface area contributed by atoms with E-state index < -0.39 is 0 Å². The van der Waals surface area contributed by atoms with Crippen LogP contribution >= 0.6 is 0 Å². The lowest BCUT2D eigenvalue weighted by atomic mass is 9.96. The fourth-order valence-electron chi connectivity index (χ4n) is 10.9. The van der Waals surface area contributed by atoms with Gasteiger partial charge in [-0.05, 0) is 77.9 Å². The molecule has 0 aliphatic heterocycles. The second kappa shape index (κ2) is 15.0. The topological polar surface area (TPSA) is 74.8 Å². The minimum atomic E-state index is 0.557. The molecule has 0 unspecified atom stereocenters. The summed E-state index contributed by atoms with van der Waals surface area (Å²) < 4.78 is 18.1. The summed E-state index contributed by atoms with van der Waals surface area (Å²) in [4.78, 5) is 15.8. The van der Waals surface area contributed by atoms with Gasteiger partial charge in [0, 0.05) is 71.5 Å². The van der Waals surface area contributed by atoms with Crippen LogP contribution in [0.2, 0.25) is 0 Å². The molecule has 70 heavy (non-hydrogen) atoms. The van der Waals surface area contributed by atoms with Crippen molar-refractivity contribution in [1.82, 2.24) is 24.1 Å². The number of hydrogen-bond acceptors (Lipinski definition) is 5. The molecule has 0 aliphatic rings. The molecular formula is C63H37N5O2. The molecule has 7 heteroatoms. The molecule has 15 rings (SSSR count). The van der Waals surface area contributed by atoms with E-state index in [4.69, 9.17) is 23.8 Å². The van der Waals surface area contributed by atoms with Crippen LogP contribution in [0.4, 0.5) is 0 Å². The smallest absolute Gasteiger partial charge is 0.164 e. The first-order valence-electron chi connectivity index (χ1n) is 23.5. The van der Waals surface area contributed by atoms with E-state index in [-0.39, 0.29) is 0 Å². The zero-order chi connectivity index (χ0) is 45.9. The Hall–Kier alpha value is -9.59. The van der Waals surface area contributed by atoms with Crippen LogP contribution in [0.1, 0.15) is 0 Å². The Bertz CT molecular complexity index is 4510.